The number of thiophene rings is 1. The largest absolute Gasteiger partial charge is 0.444 e. The van der Waals surface area contributed by atoms with Gasteiger partial charge in [-0.25, -0.2) is 4.79 Å². The van der Waals surface area contributed by atoms with Gasteiger partial charge in [-0.1, -0.05) is 0 Å². The second kappa shape index (κ2) is 6.64. The highest BCUT2D eigenvalue weighted by molar-refractivity contribution is 7.16. The molecule has 1 amide bonds. The number of alkyl carbamates (subject to hydrolysis) is 1. The fourth-order valence-corrected chi connectivity index (χ4v) is 4.76. The monoisotopic (exact) mass is 347 g/mol. The molecule has 0 aromatic carbocycles. The molecule has 0 spiro atoms. The molecule has 0 saturated carbocycles. The molecule has 1 aliphatic carbocycles. The van der Waals surface area contributed by atoms with E-state index in [1.54, 1.807) is 11.3 Å². The first-order valence-electron chi connectivity index (χ1n) is 8.66. The number of fused-ring (bicyclic) bond motifs is 1. The van der Waals surface area contributed by atoms with Crippen molar-refractivity contribution in [1.82, 2.24) is 5.32 Å². The zero-order chi connectivity index (χ0) is 17.3. The molecule has 1 aliphatic heterocycles. The van der Waals surface area contributed by atoms with Crippen molar-refractivity contribution in [3.8, 4) is 6.07 Å². The van der Waals surface area contributed by atoms with Crippen LogP contribution in [-0.2, 0) is 17.6 Å². The van der Waals surface area contributed by atoms with Crippen molar-refractivity contribution in [2.45, 2.75) is 64.5 Å². The van der Waals surface area contributed by atoms with E-state index in [1.165, 1.54) is 23.3 Å². The van der Waals surface area contributed by atoms with Crippen molar-refractivity contribution in [1.29, 1.82) is 5.26 Å². The fourth-order valence-electron chi connectivity index (χ4n) is 3.39. The number of aryl methyl sites for hydroxylation is 1. The number of nitrogens with zero attached hydrogens (tertiary/aromatic N) is 2. The van der Waals surface area contributed by atoms with Crippen molar-refractivity contribution in [2.75, 3.05) is 18.0 Å². The molecule has 2 heterocycles. The van der Waals surface area contributed by atoms with Crippen molar-refractivity contribution in [3.05, 3.63) is 16.0 Å². The Kier molecular flexibility index (Phi) is 4.73. The number of hydrogen-bond donors (Lipinski definition) is 1. The third kappa shape index (κ3) is 3.67. The molecule has 1 aromatic rings. The highest BCUT2D eigenvalue weighted by atomic mass is 32.1. The first-order chi connectivity index (χ1) is 11.4. The number of nitriles is 1. The number of ether oxygens (including phenoxy) is 1. The van der Waals surface area contributed by atoms with E-state index < -0.39 is 0 Å². The normalized spacial score (nSPS) is 20.4. The van der Waals surface area contributed by atoms with Crippen LogP contribution in [0.2, 0.25) is 0 Å². The van der Waals surface area contributed by atoms with Gasteiger partial charge in [0.15, 0.2) is 0 Å². The highest BCUT2D eigenvalue weighted by Crippen LogP contribution is 2.41. The molecule has 1 saturated heterocycles. The van der Waals surface area contributed by atoms with Crippen LogP contribution >= 0.6 is 11.3 Å². The number of carbonyl (C=O) groups is 1. The summed E-state index contributed by atoms with van der Waals surface area (Å²) in [7, 11) is 0. The number of rotatable bonds is 2. The summed E-state index contributed by atoms with van der Waals surface area (Å²) >= 11 is 1.76. The average Bonchev–Trinajstić information content (AvgIpc) is 3.08. The summed E-state index contributed by atoms with van der Waals surface area (Å²) in [5.74, 6) is 0. The maximum Gasteiger partial charge on any atom is 0.407 e. The molecule has 3 rings (SSSR count). The molecule has 24 heavy (non-hydrogen) atoms. The summed E-state index contributed by atoms with van der Waals surface area (Å²) in [6.45, 7) is 7.31. The topological polar surface area (TPSA) is 65.4 Å². The minimum atomic E-state index is -0.361. The molecule has 0 unspecified atom stereocenters. The second-order valence-corrected chi connectivity index (χ2v) is 8.72. The predicted molar refractivity (Wildman–Crippen MR) is 95.7 cm³/mol. The van der Waals surface area contributed by atoms with Gasteiger partial charge in [0, 0.05) is 23.4 Å². The lowest BCUT2D eigenvalue weighted by atomic mass is 9.96. The Labute approximate surface area is 147 Å². The zero-order valence-corrected chi connectivity index (χ0v) is 15.5. The molecule has 1 N–H and O–H groups in total. The van der Waals surface area contributed by atoms with Crippen molar-refractivity contribution in [2.24, 2.45) is 0 Å². The summed E-state index contributed by atoms with van der Waals surface area (Å²) in [5.41, 5.74) is 1.82. The van der Waals surface area contributed by atoms with Gasteiger partial charge in [0.25, 0.3) is 0 Å². The van der Waals surface area contributed by atoms with Crippen LogP contribution < -0.4 is 10.2 Å². The van der Waals surface area contributed by atoms with E-state index in [0.717, 1.165) is 36.4 Å². The lowest BCUT2D eigenvalue weighted by molar-refractivity contribution is 0.101. The van der Waals surface area contributed by atoms with Gasteiger partial charge in [0.1, 0.15) is 17.2 Å². The summed E-state index contributed by atoms with van der Waals surface area (Å²) in [5, 5.41) is 13.5. The Balaban J connectivity index is 1.67. The van der Waals surface area contributed by atoms with Crippen molar-refractivity contribution in [3.63, 3.8) is 0 Å². The average molecular weight is 347 g/mol. The molecule has 130 valence electrons. The SMILES string of the molecule is CC(C)(C)NC(=O)O[C@H]1CCN(c2sc3c(c2C#N)CCCC3)C1. The van der Waals surface area contributed by atoms with Crippen LogP contribution in [0, 0.1) is 11.3 Å². The van der Waals surface area contributed by atoms with Gasteiger partial charge in [-0.3, -0.25) is 0 Å². The lowest BCUT2D eigenvalue weighted by Crippen LogP contribution is -2.42. The molecule has 0 radical (unpaired) electrons. The molecule has 0 bridgehead atoms. The number of anilines is 1. The lowest BCUT2D eigenvalue weighted by Gasteiger charge is -2.22. The summed E-state index contributed by atoms with van der Waals surface area (Å²) in [4.78, 5) is 15.5. The Morgan fingerprint density at radius 3 is 2.83 bits per heavy atom. The maximum absolute atomic E-state index is 11.9. The van der Waals surface area contributed by atoms with E-state index in [0.29, 0.717) is 6.54 Å². The van der Waals surface area contributed by atoms with Gasteiger partial charge >= 0.3 is 6.09 Å². The smallest absolute Gasteiger partial charge is 0.407 e. The quantitative estimate of drug-likeness (QED) is 0.888. The van der Waals surface area contributed by atoms with Crippen LogP contribution in [0.3, 0.4) is 0 Å². The summed E-state index contributed by atoms with van der Waals surface area (Å²) in [6, 6.07) is 2.42. The van der Waals surface area contributed by atoms with Gasteiger partial charge < -0.3 is 15.0 Å². The Morgan fingerprint density at radius 1 is 1.38 bits per heavy atom. The van der Waals surface area contributed by atoms with E-state index in [-0.39, 0.29) is 17.7 Å². The van der Waals surface area contributed by atoms with Crippen LogP contribution in [0.5, 0.6) is 0 Å². The van der Waals surface area contributed by atoms with E-state index >= 15 is 0 Å². The maximum atomic E-state index is 11.9. The Morgan fingerprint density at radius 2 is 2.12 bits per heavy atom. The predicted octanol–water partition coefficient (Wildman–Crippen LogP) is 3.60. The first-order valence-corrected chi connectivity index (χ1v) is 9.47. The van der Waals surface area contributed by atoms with E-state index in [1.807, 2.05) is 20.8 Å². The molecule has 1 atom stereocenters. The standard InChI is InChI=1S/C18H25N3O2S/c1-18(2,3)20-17(22)23-12-8-9-21(11-12)16-14(10-19)13-6-4-5-7-15(13)24-16/h12H,4-9,11H2,1-3H3,(H,20,22)/t12-/m0/s1. The fraction of sp³-hybridized carbons (Fsp3) is 0.667. The molecule has 6 heteroatoms. The molecule has 2 aliphatic rings. The molecule has 1 fully saturated rings. The van der Waals surface area contributed by atoms with Crippen LogP contribution in [0.1, 0.15) is 56.0 Å². The van der Waals surface area contributed by atoms with E-state index in [2.05, 4.69) is 16.3 Å². The van der Waals surface area contributed by atoms with E-state index in [9.17, 15) is 10.1 Å². The van der Waals surface area contributed by atoms with Gasteiger partial charge in [-0.2, -0.15) is 5.26 Å². The van der Waals surface area contributed by atoms with Crippen LogP contribution in [0.25, 0.3) is 0 Å². The van der Waals surface area contributed by atoms with Crippen LogP contribution in [0.4, 0.5) is 9.80 Å². The van der Waals surface area contributed by atoms with Gasteiger partial charge in [-0.05, 0) is 52.0 Å². The van der Waals surface area contributed by atoms with Crippen LogP contribution in [-0.4, -0.2) is 30.8 Å². The highest BCUT2D eigenvalue weighted by Gasteiger charge is 2.31. The molecule has 5 nitrogen and oxygen atoms in total. The van der Waals surface area contributed by atoms with Crippen molar-refractivity contribution >= 4 is 22.4 Å². The van der Waals surface area contributed by atoms with E-state index in [4.69, 9.17) is 4.74 Å². The third-order valence-corrected chi connectivity index (χ3v) is 5.80. The number of nitrogens with one attached hydrogen (secondary N) is 1. The molecular weight excluding hydrogens is 322 g/mol. The number of carbonyl (C=O) groups excluding carboxylic acids is 1. The van der Waals surface area contributed by atoms with Gasteiger partial charge in [-0.15, -0.1) is 11.3 Å². The summed E-state index contributed by atoms with van der Waals surface area (Å²) < 4.78 is 5.54. The minimum absolute atomic E-state index is 0.113. The van der Waals surface area contributed by atoms with Gasteiger partial charge in [0.05, 0.1) is 12.1 Å². The van der Waals surface area contributed by atoms with Gasteiger partial charge in [0.2, 0.25) is 0 Å². The second-order valence-electron chi connectivity index (χ2n) is 7.64. The zero-order valence-electron chi connectivity index (χ0n) is 14.6. The third-order valence-electron chi connectivity index (χ3n) is 4.45. The number of hydrogen-bond acceptors (Lipinski definition) is 5. The minimum Gasteiger partial charge on any atom is -0.444 e. The summed E-state index contributed by atoms with van der Waals surface area (Å²) in [6.07, 6.45) is 4.85. The first kappa shape index (κ1) is 17.1. The Hall–Kier alpha value is -1.74. The van der Waals surface area contributed by atoms with Crippen LogP contribution in [0.15, 0.2) is 0 Å². The Bertz CT molecular complexity index is 669. The number of amides is 1. The molecular formula is C18H25N3O2S. The molecule has 1 aromatic heterocycles. The van der Waals surface area contributed by atoms with Crippen molar-refractivity contribution < 1.29 is 9.53 Å².